The summed E-state index contributed by atoms with van der Waals surface area (Å²) in [4.78, 5) is 23.8. The van der Waals surface area contributed by atoms with Crippen molar-refractivity contribution in [1.82, 2.24) is 10.6 Å². The number of carbonyl (C=O) groups is 2. The van der Waals surface area contributed by atoms with Crippen molar-refractivity contribution in [2.45, 2.75) is 52.2 Å². The molecule has 0 saturated carbocycles. The van der Waals surface area contributed by atoms with Crippen molar-refractivity contribution < 1.29 is 23.1 Å². The molecule has 0 aliphatic rings. The summed E-state index contributed by atoms with van der Waals surface area (Å²) in [7, 11) is -3.38. The second-order valence-corrected chi connectivity index (χ2v) is 8.69. The lowest BCUT2D eigenvalue weighted by molar-refractivity contribution is -0.140. The van der Waals surface area contributed by atoms with Crippen LogP contribution >= 0.6 is 0 Å². The van der Waals surface area contributed by atoms with E-state index in [1.807, 2.05) is 13.8 Å². The van der Waals surface area contributed by atoms with Gasteiger partial charge in [-0.25, -0.2) is 8.42 Å². The minimum absolute atomic E-state index is 0.207. The number of nitrogens with one attached hydrogen (secondary N) is 3. The van der Waals surface area contributed by atoms with Crippen molar-refractivity contribution >= 4 is 27.6 Å². The fourth-order valence-corrected chi connectivity index (χ4v) is 3.16. The van der Waals surface area contributed by atoms with Crippen LogP contribution in [0.3, 0.4) is 0 Å². The maximum absolute atomic E-state index is 12.6. The number of hydrogen-bond acceptors (Lipinski definition) is 5. The van der Waals surface area contributed by atoms with Crippen LogP contribution in [-0.2, 0) is 26.2 Å². The average Bonchev–Trinajstić information content (AvgIpc) is 2.54. The molecule has 1 amide bonds. The van der Waals surface area contributed by atoms with Crippen LogP contribution < -0.4 is 15.4 Å². The first-order valence-corrected chi connectivity index (χ1v) is 10.7. The van der Waals surface area contributed by atoms with Crippen LogP contribution in [0.25, 0.3) is 0 Å². The third kappa shape index (κ3) is 8.87. The zero-order valence-electron chi connectivity index (χ0n) is 16.2. The molecule has 1 aromatic rings. The summed E-state index contributed by atoms with van der Waals surface area (Å²) < 4.78 is 25.0. The lowest BCUT2D eigenvalue weighted by Gasteiger charge is -2.23. The summed E-state index contributed by atoms with van der Waals surface area (Å²) in [5, 5.41) is 14.9. The molecule has 2 atom stereocenters. The van der Waals surface area contributed by atoms with Gasteiger partial charge < -0.3 is 10.4 Å². The molecule has 0 bridgehead atoms. The number of carbonyl (C=O) groups excluding carboxylic acids is 1. The van der Waals surface area contributed by atoms with Crippen LogP contribution in [0.4, 0.5) is 5.69 Å². The van der Waals surface area contributed by atoms with E-state index in [1.165, 1.54) is 0 Å². The second-order valence-electron chi connectivity index (χ2n) is 6.94. The van der Waals surface area contributed by atoms with Gasteiger partial charge in [-0.15, -0.1) is 0 Å². The molecule has 8 nitrogen and oxygen atoms in total. The molecule has 0 radical (unpaired) electrons. The number of carboxylic acid groups (broad SMARTS) is 1. The maximum atomic E-state index is 12.6. The van der Waals surface area contributed by atoms with Crippen molar-refractivity contribution in [2.24, 2.45) is 5.92 Å². The van der Waals surface area contributed by atoms with E-state index in [9.17, 15) is 23.1 Å². The van der Waals surface area contributed by atoms with E-state index in [0.717, 1.165) is 11.8 Å². The molecule has 0 heterocycles. The predicted molar refractivity (Wildman–Crippen MR) is 105 cm³/mol. The normalized spacial score (nSPS) is 13.8. The molecule has 4 N–H and O–H groups in total. The number of benzene rings is 1. The monoisotopic (exact) mass is 399 g/mol. The van der Waals surface area contributed by atoms with Crippen LogP contribution in [0.2, 0.25) is 0 Å². The number of sulfonamides is 1. The van der Waals surface area contributed by atoms with Gasteiger partial charge >= 0.3 is 5.97 Å². The summed E-state index contributed by atoms with van der Waals surface area (Å²) in [5.74, 6) is -1.06. The molecule has 0 aliphatic carbocycles. The van der Waals surface area contributed by atoms with Gasteiger partial charge in [0.05, 0.1) is 12.3 Å². The second kappa shape index (κ2) is 10.3. The zero-order valence-corrected chi connectivity index (χ0v) is 17.0. The number of amides is 1. The minimum Gasteiger partial charge on any atom is -0.480 e. The first kappa shape index (κ1) is 22.9. The molecular weight excluding hydrogens is 370 g/mol. The first-order valence-electron chi connectivity index (χ1n) is 8.85. The van der Waals surface area contributed by atoms with Gasteiger partial charge in [0, 0.05) is 12.2 Å². The maximum Gasteiger partial charge on any atom is 0.320 e. The van der Waals surface area contributed by atoms with Gasteiger partial charge in [-0.3, -0.25) is 19.6 Å². The summed E-state index contributed by atoms with van der Waals surface area (Å²) in [5.41, 5.74) is 1.14. The molecule has 0 fully saturated rings. The van der Waals surface area contributed by atoms with Crippen molar-refractivity contribution in [1.29, 1.82) is 0 Å². The Morgan fingerprint density at radius 3 is 2.37 bits per heavy atom. The fraction of sp³-hybridized carbons (Fsp3) is 0.556. The Morgan fingerprint density at radius 2 is 1.85 bits per heavy atom. The number of carboxylic acids is 1. The summed E-state index contributed by atoms with van der Waals surface area (Å²) in [6, 6.07) is 5.30. The van der Waals surface area contributed by atoms with Gasteiger partial charge in [0.1, 0.15) is 6.04 Å². The number of aliphatic carboxylic acids is 1. The Hall–Kier alpha value is -2.13. The highest BCUT2D eigenvalue weighted by atomic mass is 32.2. The Bertz CT molecular complexity index is 749. The smallest absolute Gasteiger partial charge is 0.320 e. The summed E-state index contributed by atoms with van der Waals surface area (Å²) >= 11 is 0. The summed E-state index contributed by atoms with van der Waals surface area (Å²) in [6.45, 7) is 5.88. The van der Waals surface area contributed by atoms with Crippen LogP contribution in [-0.4, -0.2) is 43.7 Å². The van der Waals surface area contributed by atoms with Crippen LogP contribution in [0.1, 0.15) is 39.2 Å². The highest BCUT2D eigenvalue weighted by Gasteiger charge is 2.25. The molecule has 1 aromatic carbocycles. The standard InChI is InChI=1S/C18H29N3O5S/c1-5-15(18(23)24)20-16(9-12(2)3)17(22)19-11-13-7-6-8-14(10-13)21-27(4,25)26/h6-8,10,12,15-16,20-21H,5,9,11H2,1-4H3,(H,19,22)(H,23,24). The van der Waals surface area contributed by atoms with Crippen LogP contribution in [0, 0.1) is 5.92 Å². The Balaban J connectivity index is 2.78. The minimum atomic E-state index is -3.38. The Morgan fingerprint density at radius 1 is 1.19 bits per heavy atom. The van der Waals surface area contributed by atoms with Crippen molar-refractivity contribution in [3.8, 4) is 0 Å². The van der Waals surface area contributed by atoms with Gasteiger partial charge in [-0.1, -0.05) is 32.9 Å². The number of rotatable bonds is 11. The van der Waals surface area contributed by atoms with E-state index >= 15 is 0 Å². The number of anilines is 1. The van der Waals surface area contributed by atoms with Gasteiger partial charge in [0.25, 0.3) is 0 Å². The van der Waals surface area contributed by atoms with Gasteiger partial charge in [-0.2, -0.15) is 0 Å². The molecule has 0 aromatic heterocycles. The highest BCUT2D eigenvalue weighted by molar-refractivity contribution is 7.92. The Labute approximate surface area is 160 Å². The third-order valence-corrected chi connectivity index (χ3v) is 4.44. The molecule has 9 heteroatoms. The van der Waals surface area contributed by atoms with Gasteiger partial charge in [0.2, 0.25) is 15.9 Å². The largest absolute Gasteiger partial charge is 0.480 e. The van der Waals surface area contributed by atoms with E-state index in [4.69, 9.17) is 0 Å². The van der Waals surface area contributed by atoms with Crippen molar-refractivity contribution in [2.75, 3.05) is 11.0 Å². The molecular formula is C18H29N3O5S. The van der Waals surface area contributed by atoms with E-state index in [0.29, 0.717) is 18.5 Å². The molecule has 0 saturated heterocycles. The molecule has 152 valence electrons. The Kier molecular flexibility index (Phi) is 8.71. The molecule has 27 heavy (non-hydrogen) atoms. The zero-order chi connectivity index (χ0) is 20.6. The lowest BCUT2D eigenvalue weighted by atomic mass is 10.0. The fourth-order valence-electron chi connectivity index (χ4n) is 2.60. The summed E-state index contributed by atoms with van der Waals surface area (Å²) in [6.07, 6.45) is 1.94. The van der Waals surface area contributed by atoms with Crippen molar-refractivity contribution in [3.05, 3.63) is 29.8 Å². The average molecular weight is 400 g/mol. The SMILES string of the molecule is CCC(NC(CC(C)C)C(=O)NCc1cccc(NS(C)(=O)=O)c1)C(=O)O. The molecule has 1 rings (SSSR count). The molecule has 0 aliphatic heterocycles. The first-order chi connectivity index (χ1) is 12.5. The van der Waals surface area contributed by atoms with Crippen LogP contribution in [0.5, 0.6) is 0 Å². The van der Waals surface area contributed by atoms with Crippen LogP contribution in [0.15, 0.2) is 24.3 Å². The van der Waals surface area contributed by atoms with E-state index in [1.54, 1.807) is 31.2 Å². The predicted octanol–water partition coefficient (Wildman–Crippen LogP) is 1.54. The van der Waals surface area contributed by atoms with Gasteiger partial charge in [0.15, 0.2) is 0 Å². The van der Waals surface area contributed by atoms with Crippen molar-refractivity contribution in [3.63, 3.8) is 0 Å². The highest BCUT2D eigenvalue weighted by Crippen LogP contribution is 2.12. The van der Waals surface area contributed by atoms with E-state index in [2.05, 4.69) is 15.4 Å². The topological polar surface area (TPSA) is 125 Å². The van der Waals surface area contributed by atoms with E-state index < -0.39 is 28.1 Å². The molecule has 2 unspecified atom stereocenters. The third-order valence-electron chi connectivity index (χ3n) is 3.83. The van der Waals surface area contributed by atoms with Gasteiger partial charge in [-0.05, 0) is 36.5 Å². The molecule has 0 spiro atoms. The lowest BCUT2D eigenvalue weighted by Crippen LogP contribution is -2.51. The quantitative estimate of drug-likeness (QED) is 0.447. The number of hydrogen-bond donors (Lipinski definition) is 4. The van der Waals surface area contributed by atoms with E-state index in [-0.39, 0.29) is 18.4 Å².